The highest BCUT2D eigenvalue weighted by molar-refractivity contribution is 5.76. The van der Waals surface area contributed by atoms with E-state index in [0.29, 0.717) is 11.8 Å². The van der Waals surface area contributed by atoms with Gasteiger partial charge in [0.25, 0.3) is 0 Å². The molecule has 4 rings (SSSR count). The first-order valence-electron chi connectivity index (χ1n) is 9.78. The van der Waals surface area contributed by atoms with Crippen LogP contribution in [0.3, 0.4) is 0 Å². The molecule has 0 bridgehead atoms. The molecule has 1 aromatic carbocycles. The van der Waals surface area contributed by atoms with Crippen molar-refractivity contribution in [3.8, 4) is 11.3 Å². The van der Waals surface area contributed by atoms with Crippen molar-refractivity contribution in [1.29, 1.82) is 0 Å². The molecule has 0 aliphatic carbocycles. The molecular weight excluding hydrogens is 326 g/mol. The summed E-state index contributed by atoms with van der Waals surface area (Å²) in [7, 11) is 0. The van der Waals surface area contributed by atoms with E-state index in [4.69, 9.17) is 4.42 Å². The molecule has 2 fully saturated rings. The number of rotatable bonds is 5. The molecule has 1 aromatic heterocycles. The van der Waals surface area contributed by atoms with E-state index in [1.54, 1.807) is 0 Å². The largest absolute Gasteiger partial charge is 0.439 e. The quantitative estimate of drug-likeness (QED) is 0.825. The summed E-state index contributed by atoms with van der Waals surface area (Å²) in [5.74, 6) is 2.49. The van der Waals surface area contributed by atoms with E-state index in [9.17, 15) is 4.79 Å². The van der Waals surface area contributed by atoms with Gasteiger partial charge in [-0.05, 0) is 44.7 Å². The fourth-order valence-corrected chi connectivity index (χ4v) is 4.00. The van der Waals surface area contributed by atoms with E-state index in [1.807, 2.05) is 41.4 Å². The third-order valence-electron chi connectivity index (χ3n) is 5.60. The molecule has 0 unspecified atom stereocenters. The zero-order valence-electron chi connectivity index (χ0n) is 15.3. The van der Waals surface area contributed by atoms with Crippen molar-refractivity contribution < 1.29 is 9.21 Å². The summed E-state index contributed by atoms with van der Waals surface area (Å²) >= 11 is 0. The first-order chi connectivity index (χ1) is 12.8. The maximum atomic E-state index is 12.3. The van der Waals surface area contributed by atoms with Crippen LogP contribution < -0.4 is 0 Å². The molecule has 0 saturated carbocycles. The Bertz CT molecular complexity index is 714. The van der Waals surface area contributed by atoms with Crippen molar-refractivity contribution in [3.05, 3.63) is 42.4 Å². The number of hydrogen-bond donors (Lipinski definition) is 0. The molecule has 0 spiro atoms. The van der Waals surface area contributed by atoms with Crippen molar-refractivity contribution >= 4 is 5.91 Å². The van der Waals surface area contributed by atoms with Gasteiger partial charge in [0.1, 0.15) is 0 Å². The fraction of sp³-hybridized carbons (Fsp3) is 0.524. The number of piperidine rings is 1. The molecule has 138 valence electrons. The van der Waals surface area contributed by atoms with Crippen molar-refractivity contribution in [2.24, 2.45) is 5.92 Å². The minimum atomic E-state index is 0.362. The summed E-state index contributed by atoms with van der Waals surface area (Å²) in [6.45, 7) is 4.71. The van der Waals surface area contributed by atoms with Gasteiger partial charge in [-0.3, -0.25) is 9.69 Å². The number of likely N-dealkylation sites (tertiary alicyclic amines) is 2. The van der Waals surface area contributed by atoms with Gasteiger partial charge in [0.15, 0.2) is 5.76 Å². The number of aromatic nitrogens is 1. The van der Waals surface area contributed by atoms with Crippen LogP contribution >= 0.6 is 0 Å². The molecule has 1 amide bonds. The molecule has 0 radical (unpaired) electrons. The van der Waals surface area contributed by atoms with E-state index in [0.717, 1.165) is 69.2 Å². The standard InChI is InChI=1S/C21H27N3O2/c25-21(24-10-4-5-11-24)14-17-8-12-23(13-9-17)16-20-22-15-19(26-20)18-6-2-1-3-7-18/h1-3,6-7,15,17H,4-5,8-14,16H2. The van der Waals surface area contributed by atoms with Gasteiger partial charge >= 0.3 is 0 Å². The zero-order valence-corrected chi connectivity index (χ0v) is 15.3. The van der Waals surface area contributed by atoms with Crippen LogP contribution in [-0.2, 0) is 11.3 Å². The number of carbonyl (C=O) groups is 1. The Morgan fingerprint density at radius 3 is 2.54 bits per heavy atom. The number of nitrogens with zero attached hydrogens (tertiary/aromatic N) is 3. The van der Waals surface area contributed by atoms with Crippen molar-refractivity contribution in [1.82, 2.24) is 14.8 Å². The van der Waals surface area contributed by atoms with E-state index in [1.165, 1.54) is 12.8 Å². The average Bonchev–Trinajstić information content (AvgIpc) is 3.36. The lowest BCUT2D eigenvalue weighted by Crippen LogP contribution is -2.36. The molecule has 3 heterocycles. The van der Waals surface area contributed by atoms with E-state index in [-0.39, 0.29) is 0 Å². The van der Waals surface area contributed by atoms with Crippen LogP contribution in [0.5, 0.6) is 0 Å². The summed E-state index contributed by atoms with van der Waals surface area (Å²) < 4.78 is 5.92. The third kappa shape index (κ3) is 4.15. The maximum Gasteiger partial charge on any atom is 0.222 e. The number of amides is 1. The van der Waals surface area contributed by atoms with Crippen LogP contribution in [0.15, 0.2) is 40.9 Å². The first-order valence-corrected chi connectivity index (χ1v) is 9.78. The number of benzene rings is 1. The molecule has 5 nitrogen and oxygen atoms in total. The molecule has 26 heavy (non-hydrogen) atoms. The number of oxazole rings is 1. The maximum absolute atomic E-state index is 12.3. The molecule has 2 aliphatic heterocycles. The Kier molecular flexibility index (Phi) is 5.34. The lowest BCUT2D eigenvalue weighted by Gasteiger charge is -2.31. The van der Waals surface area contributed by atoms with Crippen LogP contribution in [-0.4, -0.2) is 46.9 Å². The van der Waals surface area contributed by atoms with Crippen molar-refractivity contribution in [2.75, 3.05) is 26.2 Å². The minimum absolute atomic E-state index is 0.362. The normalized spacial score (nSPS) is 19.2. The second-order valence-electron chi connectivity index (χ2n) is 7.50. The fourth-order valence-electron chi connectivity index (χ4n) is 4.00. The second-order valence-corrected chi connectivity index (χ2v) is 7.50. The number of carbonyl (C=O) groups excluding carboxylic acids is 1. The summed E-state index contributed by atoms with van der Waals surface area (Å²) in [6.07, 6.45) is 7.06. The Morgan fingerprint density at radius 1 is 1.08 bits per heavy atom. The van der Waals surface area contributed by atoms with Gasteiger partial charge < -0.3 is 9.32 Å². The topological polar surface area (TPSA) is 49.6 Å². The van der Waals surface area contributed by atoms with Gasteiger partial charge in [0, 0.05) is 25.1 Å². The predicted octanol–water partition coefficient (Wildman–Crippen LogP) is 3.57. The van der Waals surface area contributed by atoms with Gasteiger partial charge in [-0.25, -0.2) is 4.98 Å². The van der Waals surface area contributed by atoms with Crippen LogP contribution in [0, 0.1) is 5.92 Å². The summed E-state index contributed by atoms with van der Waals surface area (Å²) in [4.78, 5) is 21.2. The minimum Gasteiger partial charge on any atom is -0.439 e. The van der Waals surface area contributed by atoms with Crippen LogP contribution in [0.2, 0.25) is 0 Å². The highest BCUT2D eigenvalue weighted by Crippen LogP contribution is 2.25. The molecular formula is C21H27N3O2. The highest BCUT2D eigenvalue weighted by Gasteiger charge is 2.25. The van der Waals surface area contributed by atoms with Gasteiger partial charge in [0.05, 0.1) is 12.7 Å². The van der Waals surface area contributed by atoms with E-state index >= 15 is 0 Å². The molecule has 2 aromatic rings. The monoisotopic (exact) mass is 353 g/mol. The Hall–Kier alpha value is -2.14. The molecule has 2 aliphatic rings. The summed E-state index contributed by atoms with van der Waals surface area (Å²) in [5.41, 5.74) is 1.06. The lowest BCUT2D eigenvalue weighted by atomic mass is 9.93. The molecule has 0 atom stereocenters. The SMILES string of the molecule is O=C(CC1CCN(Cc2ncc(-c3ccccc3)o2)CC1)N1CCCC1. The zero-order chi connectivity index (χ0) is 17.8. The van der Waals surface area contributed by atoms with Gasteiger partial charge in [-0.1, -0.05) is 30.3 Å². The lowest BCUT2D eigenvalue weighted by molar-refractivity contribution is -0.131. The first kappa shape index (κ1) is 17.3. The molecule has 0 N–H and O–H groups in total. The smallest absolute Gasteiger partial charge is 0.222 e. The Balaban J connectivity index is 1.25. The van der Waals surface area contributed by atoms with Crippen LogP contribution in [0.25, 0.3) is 11.3 Å². The van der Waals surface area contributed by atoms with Gasteiger partial charge in [-0.2, -0.15) is 0 Å². The van der Waals surface area contributed by atoms with Crippen molar-refractivity contribution in [3.63, 3.8) is 0 Å². The summed E-state index contributed by atoms with van der Waals surface area (Å²) in [5, 5.41) is 0. The van der Waals surface area contributed by atoms with Gasteiger partial charge in [0.2, 0.25) is 11.8 Å². The number of hydrogen-bond acceptors (Lipinski definition) is 4. The molecule has 5 heteroatoms. The third-order valence-corrected chi connectivity index (χ3v) is 5.60. The Morgan fingerprint density at radius 2 is 1.81 bits per heavy atom. The summed E-state index contributed by atoms with van der Waals surface area (Å²) in [6, 6.07) is 10.1. The molecule has 2 saturated heterocycles. The average molecular weight is 353 g/mol. The van der Waals surface area contributed by atoms with Crippen LogP contribution in [0.1, 0.15) is 38.0 Å². The van der Waals surface area contributed by atoms with E-state index in [2.05, 4.69) is 9.88 Å². The van der Waals surface area contributed by atoms with Gasteiger partial charge in [-0.15, -0.1) is 0 Å². The second kappa shape index (κ2) is 8.04. The van der Waals surface area contributed by atoms with Crippen molar-refractivity contribution in [2.45, 2.75) is 38.6 Å². The van der Waals surface area contributed by atoms with E-state index < -0.39 is 0 Å². The Labute approximate surface area is 155 Å². The van der Waals surface area contributed by atoms with Crippen LogP contribution in [0.4, 0.5) is 0 Å². The predicted molar refractivity (Wildman–Crippen MR) is 100 cm³/mol. The highest BCUT2D eigenvalue weighted by atomic mass is 16.4.